The van der Waals surface area contributed by atoms with E-state index in [1.807, 2.05) is 30.0 Å². The quantitative estimate of drug-likeness (QED) is 0.832. The van der Waals surface area contributed by atoms with Crippen molar-refractivity contribution in [3.05, 3.63) is 29.8 Å². The summed E-state index contributed by atoms with van der Waals surface area (Å²) >= 11 is 0. The highest BCUT2D eigenvalue weighted by Crippen LogP contribution is 2.29. The topological polar surface area (TPSA) is 58.6 Å². The summed E-state index contributed by atoms with van der Waals surface area (Å²) < 4.78 is 5.07. The fourth-order valence-electron chi connectivity index (χ4n) is 3.20. The molecule has 0 atom stereocenters. The second-order valence-corrected chi connectivity index (χ2v) is 7.56. The Kier molecular flexibility index (Phi) is 6.45. The molecule has 1 saturated heterocycles. The molecule has 1 aliphatic rings. The van der Waals surface area contributed by atoms with Crippen LogP contribution in [0.4, 0.5) is 5.69 Å². The molecule has 1 fully saturated rings. The molecule has 138 valence electrons. The summed E-state index contributed by atoms with van der Waals surface area (Å²) in [6, 6.07) is 8.11. The lowest BCUT2D eigenvalue weighted by molar-refractivity contribution is -0.151. The van der Waals surface area contributed by atoms with Gasteiger partial charge in [-0.3, -0.25) is 9.59 Å². The lowest BCUT2D eigenvalue weighted by Gasteiger charge is -2.31. The molecule has 0 aromatic heterocycles. The number of esters is 1. The van der Waals surface area contributed by atoms with Crippen molar-refractivity contribution in [2.24, 2.45) is 5.92 Å². The van der Waals surface area contributed by atoms with E-state index in [4.69, 9.17) is 4.74 Å². The first-order valence-corrected chi connectivity index (χ1v) is 9.10. The van der Waals surface area contributed by atoms with E-state index in [0.29, 0.717) is 32.5 Å². The fraction of sp³-hybridized carbons (Fsp3) is 0.600. The normalized spacial score (nSPS) is 15.8. The molecule has 1 aromatic rings. The number of amides is 1. The summed E-state index contributed by atoms with van der Waals surface area (Å²) in [4.78, 5) is 26.1. The maximum atomic E-state index is 12.5. The average Bonchev–Trinajstić information content (AvgIpc) is 2.59. The number of hydrogen-bond acceptors (Lipinski definition) is 4. The fourth-order valence-corrected chi connectivity index (χ4v) is 3.20. The van der Waals surface area contributed by atoms with Gasteiger partial charge in [0.05, 0.1) is 19.1 Å². The minimum absolute atomic E-state index is 0.0185. The minimum Gasteiger partial charge on any atom is -0.466 e. The zero-order valence-electron chi connectivity index (χ0n) is 15.8. The van der Waals surface area contributed by atoms with Crippen LogP contribution in [0.25, 0.3) is 0 Å². The molecule has 0 unspecified atom stereocenters. The summed E-state index contributed by atoms with van der Waals surface area (Å²) in [5.74, 6) is -0.128. The number of carbonyl (C=O) groups excluding carboxylic acids is 2. The van der Waals surface area contributed by atoms with Crippen LogP contribution in [-0.2, 0) is 19.7 Å². The average molecular weight is 346 g/mol. The lowest BCUT2D eigenvalue weighted by atomic mass is 9.86. The van der Waals surface area contributed by atoms with Crippen molar-refractivity contribution in [1.82, 2.24) is 4.90 Å². The van der Waals surface area contributed by atoms with Crippen molar-refractivity contribution in [1.29, 1.82) is 0 Å². The molecule has 0 spiro atoms. The predicted octanol–water partition coefficient (Wildman–Crippen LogP) is 3.20. The SMILES string of the molecule is CCOC(=O)C1CCN(C(=O)CNc2ccccc2C(C)(C)C)CC1. The zero-order chi connectivity index (χ0) is 18.4. The number of nitrogens with one attached hydrogen (secondary N) is 1. The Hall–Kier alpha value is -2.04. The van der Waals surface area contributed by atoms with Gasteiger partial charge in [-0.25, -0.2) is 0 Å². The highest BCUT2D eigenvalue weighted by atomic mass is 16.5. The first-order valence-electron chi connectivity index (χ1n) is 9.10. The van der Waals surface area contributed by atoms with Crippen LogP contribution in [-0.4, -0.2) is 43.0 Å². The Morgan fingerprint density at radius 3 is 2.44 bits per heavy atom. The maximum absolute atomic E-state index is 12.5. The van der Waals surface area contributed by atoms with Crippen LogP contribution in [0.2, 0.25) is 0 Å². The predicted molar refractivity (Wildman–Crippen MR) is 99.6 cm³/mol. The molecule has 5 heteroatoms. The number of anilines is 1. The molecule has 0 bridgehead atoms. The van der Waals surface area contributed by atoms with E-state index >= 15 is 0 Å². The van der Waals surface area contributed by atoms with Gasteiger partial charge in [-0.15, -0.1) is 0 Å². The van der Waals surface area contributed by atoms with Gasteiger partial charge in [-0.05, 0) is 36.8 Å². The van der Waals surface area contributed by atoms with Gasteiger partial charge in [-0.2, -0.15) is 0 Å². The van der Waals surface area contributed by atoms with E-state index in [1.54, 1.807) is 0 Å². The number of nitrogens with zero attached hydrogens (tertiary/aromatic N) is 1. The number of benzene rings is 1. The van der Waals surface area contributed by atoms with E-state index in [9.17, 15) is 9.59 Å². The Labute approximate surface area is 150 Å². The van der Waals surface area contributed by atoms with Crippen molar-refractivity contribution in [2.45, 2.75) is 46.0 Å². The van der Waals surface area contributed by atoms with Gasteiger partial charge in [0, 0.05) is 18.8 Å². The Balaban J connectivity index is 1.87. The van der Waals surface area contributed by atoms with E-state index in [2.05, 4.69) is 32.2 Å². The van der Waals surface area contributed by atoms with Gasteiger partial charge in [0.25, 0.3) is 0 Å². The molecule has 1 heterocycles. The Bertz CT molecular complexity index is 599. The van der Waals surface area contributed by atoms with Gasteiger partial charge in [-0.1, -0.05) is 39.0 Å². The zero-order valence-corrected chi connectivity index (χ0v) is 15.8. The first-order chi connectivity index (χ1) is 11.8. The van der Waals surface area contributed by atoms with Crippen molar-refractivity contribution in [2.75, 3.05) is 31.6 Å². The highest BCUT2D eigenvalue weighted by Gasteiger charge is 2.28. The Morgan fingerprint density at radius 2 is 1.84 bits per heavy atom. The van der Waals surface area contributed by atoms with Gasteiger partial charge in [0.2, 0.25) is 5.91 Å². The summed E-state index contributed by atoms with van der Waals surface area (Å²) in [6.45, 7) is 10.2. The molecular weight excluding hydrogens is 316 g/mol. The molecule has 5 nitrogen and oxygen atoms in total. The third-order valence-electron chi connectivity index (χ3n) is 4.63. The molecule has 1 aromatic carbocycles. The van der Waals surface area contributed by atoms with E-state index in [1.165, 1.54) is 5.56 Å². The van der Waals surface area contributed by atoms with Crippen molar-refractivity contribution >= 4 is 17.6 Å². The van der Waals surface area contributed by atoms with Crippen molar-refractivity contribution in [3.63, 3.8) is 0 Å². The molecule has 1 aliphatic heterocycles. The number of hydrogen-bond donors (Lipinski definition) is 1. The number of carbonyl (C=O) groups is 2. The molecule has 0 aliphatic carbocycles. The monoisotopic (exact) mass is 346 g/mol. The molecule has 25 heavy (non-hydrogen) atoms. The van der Waals surface area contributed by atoms with Crippen molar-refractivity contribution < 1.29 is 14.3 Å². The second kappa shape index (κ2) is 8.37. The van der Waals surface area contributed by atoms with Gasteiger partial charge in [0.1, 0.15) is 0 Å². The minimum atomic E-state index is -0.133. The van der Waals surface area contributed by atoms with Gasteiger partial charge in [0.15, 0.2) is 0 Å². The molecule has 2 rings (SSSR count). The largest absolute Gasteiger partial charge is 0.466 e. The van der Waals surface area contributed by atoms with Crippen LogP contribution in [0.5, 0.6) is 0 Å². The lowest BCUT2D eigenvalue weighted by Crippen LogP contribution is -2.43. The molecule has 0 radical (unpaired) electrons. The van der Waals surface area contributed by atoms with Gasteiger partial charge < -0.3 is 15.0 Å². The molecular formula is C20H30N2O3. The number of likely N-dealkylation sites (tertiary alicyclic amines) is 1. The first kappa shape index (κ1) is 19.3. The second-order valence-electron chi connectivity index (χ2n) is 7.56. The molecule has 1 amide bonds. The van der Waals surface area contributed by atoms with Crippen molar-refractivity contribution in [3.8, 4) is 0 Å². The number of ether oxygens (including phenoxy) is 1. The smallest absolute Gasteiger partial charge is 0.309 e. The van der Waals surface area contributed by atoms with E-state index in [0.717, 1.165) is 5.69 Å². The highest BCUT2D eigenvalue weighted by molar-refractivity contribution is 5.81. The van der Waals surface area contributed by atoms with E-state index in [-0.39, 0.29) is 29.8 Å². The number of para-hydroxylation sites is 1. The van der Waals surface area contributed by atoms with Crippen LogP contribution >= 0.6 is 0 Å². The third-order valence-corrected chi connectivity index (χ3v) is 4.63. The van der Waals surface area contributed by atoms with Crippen LogP contribution in [0, 0.1) is 5.92 Å². The number of rotatable bonds is 5. The van der Waals surface area contributed by atoms with Crippen LogP contribution in [0.15, 0.2) is 24.3 Å². The summed E-state index contributed by atoms with van der Waals surface area (Å²) in [6.07, 6.45) is 1.37. The summed E-state index contributed by atoms with van der Waals surface area (Å²) in [7, 11) is 0. The Morgan fingerprint density at radius 1 is 1.20 bits per heavy atom. The third kappa shape index (κ3) is 5.21. The number of piperidine rings is 1. The van der Waals surface area contributed by atoms with Crippen LogP contribution in [0.3, 0.4) is 0 Å². The van der Waals surface area contributed by atoms with Crippen LogP contribution < -0.4 is 5.32 Å². The standard InChI is InChI=1S/C20H30N2O3/c1-5-25-19(24)15-10-12-22(13-11-15)18(23)14-21-17-9-7-6-8-16(17)20(2,3)4/h6-9,15,21H,5,10-14H2,1-4H3. The van der Waals surface area contributed by atoms with Crippen LogP contribution in [0.1, 0.15) is 46.1 Å². The summed E-state index contributed by atoms with van der Waals surface area (Å²) in [5, 5.41) is 3.29. The molecule has 0 saturated carbocycles. The maximum Gasteiger partial charge on any atom is 0.309 e. The van der Waals surface area contributed by atoms with E-state index < -0.39 is 0 Å². The molecule has 1 N–H and O–H groups in total. The van der Waals surface area contributed by atoms with Gasteiger partial charge >= 0.3 is 5.97 Å². The summed E-state index contributed by atoms with van der Waals surface area (Å²) in [5.41, 5.74) is 2.22.